The molecule has 2 nitrogen and oxygen atoms in total. The maximum absolute atomic E-state index is 6.02. The summed E-state index contributed by atoms with van der Waals surface area (Å²) in [4.78, 5) is 0. The van der Waals surface area contributed by atoms with Gasteiger partial charge >= 0.3 is 0 Å². The third kappa shape index (κ3) is 4.84. The second kappa shape index (κ2) is 9.41. The van der Waals surface area contributed by atoms with Crippen LogP contribution in [0.25, 0.3) is 0 Å². The predicted molar refractivity (Wildman–Crippen MR) is 123 cm³/mol. The zero-order chi connectivity index (χ0) is 21.3. The summed E-state index contributed by atoms with van der Waals surface area (Å²) in [6, 6.07) is 4.41. The highest BCUT2D eigenvalue weighted by molar-refractivity contribution is 5.48. The van der Waals surface area contributed by atoms with Gasteiger partial charge in [0.1, 0.15) is 5.75 Å². The van der Waals surface area contributed by atoms with Gasteiger partial charge in [-0.2, -0.15) is 0 Å². The third-order valence-electron chi connectivity index (χ3n) is 7.20. The van der Waals surface area contributed by atoms with E-state index in [1.807, 2.05) is 0 Å². The summed E-state index contributed by atoms with van der Waals surface area (Å²) in [6.07, 6.45) is 6.10. The summed E-state index contributed by atoms with van der Waals surface area (Å²) in [5.41, 5.74) is 4.54. The molecule has 0 saturated carbocycles. The minimum Gasteiger partial charge on any atom is -0.493 e. The highest BCUT2D eigenvalue weighted by atomic mass is 16.5. The Bertz CT molecular complexity index is 653. The summed E-state index contributed by atoms with van der Waals surface area (Å²) in [6.45, 7) is 19.4. The molecule has 3 heterocycles. The Morgan fingerprint density at radius 3 is 1.93 bits per heavy atom. The Labute approximate surface area is 179 Å². The van der Waals surface area contributed by atoms with Crippen LogP contribution < -0.4 is 4.74 Å². The van der Waals surface area contributed by atoms with Crippen molar-refractivity contribution in [3.05, 3.63) is 28.8 Å². The number of rotatable bonds is 5. The summed E-state index contributed by atoms with van der Waals surface area (Å²) in [5.74, 6) is 5.70. The van der Waals surface area contributed by atoms with Crippen molar-refractivity contribution < 1.29 is 9.47 Å². The van der Waals surface area contributed by atoms with Crippen molar-refractivity contribution >= 4 is 0 Å². The van der Waals surface area contributed by atoms with E-state index in [0.29, 0.717) is 24.0 Å². The normalized spacial score (nSPS) is 27.6. The molecule has 1 aromatic carbocycles. The van der Waals surface area contributed by atoms with Crippen LogP contribution in [0.1, 0.15) is 90.8 Å². The van der Waals surface area contributed by atoms with Crippen LogP contribution in [0.5, 0.6) is 5.75 Å². The van der Waals surface area contributed by atoms with Gasteiger partial charge in [-0.25, -0.2) is 0 Å². The van der Waals surface area contributed by atoms with Crippen LogP contribution in [0.3, 0.4) is 0 Å². The molecular formula is C27H44O2. The van der Waals surface area contributed by atoms with Crippen LogP contribution >= 0.6 is 0 Å². The zero-order valence-corrected chi connectivity index (χ0v) is 20.1. The molecule has 2 saturated heterocycles. The lowest BCUT2D eigenvalue weighted by Crippen LogP contribution is -2.34. The molecule has 0 aromatic heterocycles. The Kier molecular flexibility index (Phi) is 7.36. The molecule has 4 rings (SSSR count). The number of ether oxygens (including phenoxy) is 2. The van der Waals surface area contributed by atoms with Crippen LogP contribution in [0, 0.1) is 29.6 Å². The molecule has 2 fully saturated rings. The molecule has 0 radical (unpaired) electrons. The van der Waals surface area contributed by atoms with Crippen molar-refractivity contribution in [1.82, 2.24) is 0 Å². The molecule has 3 aliphatic heterocycles. The van der Waals surface area contributed by atoms with Gasteiger partial charge in [-0.05, 0) is 72.0 Å². The van der Waals surface area contributed by atoms with Crippen LogP contribution in [-0.4, -0.2) is 18.8 Å². The summed E-state index contributed by atoms with van der Waals surface area (Å²) >= 11 is 0. The first-order valence-electron chi connectivity index (χ1n) is 12.1. The van der Waals surface area contributed by atoms with Gasteiger partial charge in [-0.15, -0.1) is 0 Å². The SMILES string of the molecule is CC(C)C1C2CCC(O2)C1C(C)C.CC(C)Cc1c(C(C)C)ccc2c1CCO2. The molecule has 2 heteroatoms. The molecule has 0 amide bonds. The first-order chi connectivity index (χ1) is 13.7. The van der Waals surface area contributed by atoms with Gasteiger partial charge in [-0.1, -0.05) is 61.5 Å². The molecule has 0 N–H and O–H groups in total. The van der Waals surface area contributed by atoms with Crippen LogP contribution in [0.15, 0.2) is 12.1 Å². The molecule has 29 heavy (non-hydrogen) atoms. The number of fused-ring (bicyclic) bond motifs is 3. The van der Waals surface area contributed by atoms with E-state index >= 15 is 0 Å². The lowest BCUT2D eigenvalue weighted by Gasteiger charge is -2.33. The minimum atomic E-state index is 0.595. The predicted octanol–water partition coefficient (Wildman–Crippen LogP) is 7.04. The van der Waals surface area contributed by atoms with Gasteiger partial charge in [0, 0.05) is 12.0 Å². The molecule has 3 aliphatic rings. The average molecular weight is 401 g/mol. The Balaban J connectivity index is 0.000000169. The third-order valence-corrected chi connectivity index (χ3v) is 7.20. The molecular weight excluding hydrogens is 356 g/mol. The second-order valence-corrected chi connectivity index (χ2v) is 10.9. The maximum Gasteiger partial charge on any atom is 0.122 e. The van der Waals surface area contributed by atoms with E-state index in [9.17, 15) is 0 Å². The van der Waals surface area contributed by atoms with E-state index in [-0.39, 0.29) is 0 Å². The number of hydrogen-bond acceptors (Lipinski definition) is 2. The minimum absolute atomic E-state index is 0.595. The van der Waals surface area contributed by atoms with E-state index in [1.54, 1.807) is 5.56 Å². The van der Waals surface area contributed by atoms with Gasteiger partial charge < -0.3 is 9.47 Å². The first kappa shape index (κ1) is 22.7. The van der Waals surface area contributed by atoms with Crippen molar-refractivity contribution in [3.63, 3.8) is 0 Å². The number of hydrogen-bond donors (Lipinski definition) is 0. The van der Waals surface area contributed by atoms with E-state index in [2.05, 4.69) is 67.5 Å². The van der Waals surface area contributed by atoms with Gasteiger partial charge in [-0.3, -0.25) is 0 Å². The number of benzene rings is 1. The van der Waals surface area contributed by atoms with Gasteiger partial charge in [0.25, 0.3) is 0 Å². The van der Waals surface area contributed by atoms with Gasteiger partial charge in [0.05, 0.1) is 18.8 Å². The highest BCUT2D eigenvalue weighted by Gasteiger charge is 2.50. The monoisotopic (exact) mass is 400 g/mol. The van der Waals surface area contributed by atoms with Crippen molar-refractivity contribution in [2.45, 2.75) is 99.2 Å². The molecule has 0 spiro atoms. The second-order valence-electron chi connectivity index (χ2n) is 10.9. The van der Waals surface area contributed by atoms with E-state index in [0.717, 1.165) is 42.4 Å². The Morgan fingerprint density at radius 1 is 0.862 bits per heavy atom. The highest BCUT2D eigenvalue weighted by Crippen LogP contribution is 2.49. The van der Waals surface area contributed by atoms with Crippen molar-refractivity contribution in [2.24, 2.45) is 29.6 Å². The molecule has 1 aromatic rings. The van der Waals surface area contributed by atoms with Gasteiger partial charge in [0.2, 0.25) is 0 Å². The fourth-order valence-electron chi connectivity index (χ4n) is 6.05. The first-order valence-corrected chi connectivity index (χ1v) is 12.1. The zero-order valence-electron chi connectivity index (χ0n) is 20.1. The average Bonchev–Trinajstić information content (AvgIpc) is 3.36. The topological polar surface area (TPSA) is 18.5 Å². The lowest BCUT2D eigenvalue weighted by atomic mass is 9.69. The smallest absolute Gasteiger partial charge is 0.122 e. The Morgan fingerprint density at radius 2 is 1.45 bits per heavy atom. The van der Waals surface area contributed by atoms with Crippen LogP contribution in [0.2, 0.25) is 0 Å². The standard InChI is InChI=1S/C15H22O.C12H22O/c1-10(2)9-14-12(11(3)4)5-6-15-13(14)7-8-16-15;1-7(2)11-9-5-6-10(13-9)12(11)8(3)4/h5-6,10-11H,7-9H2,1-4H3;7-12H,5-6H2,1-4H3. The summed E-state index contributed by atoms with van der Waals surface area (Å²) in [7, 11) is 0. The van der Waals surface area contributed by atoms with Crippen molar-refractivity contribution in [3.8, 4) is 5.75 Å². The quantitative estimate of drug-likeness (QED) is 0.528. The summed E-state index contributed by atoms with van der Waals surface area (Å²) in [5, 5.41) is 0. The fourth-order valence-corrected chi connectivity index (χ4v) is 6.05. The van der Waals surface area contributed by atoms with E-state index in [1.165, 1.54) is 30.4 Å². The van der Waals surface area contributed by atoms with Gasteiger partial charge in [0.15, 0.2) is 0 Å². The lowest BCUT2D eigenvalue weighted by molar-refractivity contribution is 0.0803. The molecule has 4 atom stereocenters. The van der Waals surface area contributed by atoms with Crippen LogP contribution in [-0.2, 0) is 17.6 Å². The van der Waals surface area contributed by atoms with E-state index < -0.39 is 0 Å². The van der Waals surface area contributed by atoms with E-state index in [4.69, 9.17) is 9.47 Å². The molecule has 2 bridgehead atoms. The molecule has 4 unspecified atom stereocenters. The molecule has 164 valence electrons. The Hall–Kier alpha value is -1.02. The van der Waals surface area contributed by atoms with Crippen molar-refractivity contribution in [2.75, 3.05) is 6.61 Å². The molecule has 0 aliphatic carbocycles. The summed E-state index contributed by atoms with van der Waals surface area (Å²) < 4.78 is 11.7. The van der Waals surface area contributed by atoms with Crippen LogP contribution in [0.4, 0.5) is 0 Å². The maximum atomic E-state index is 6.02. The fraction of sp³-hybridized carbons (Fsp3) is 0.778. The largest absolute Gasteiger partial charge is 0.493 e. The van der Waals surface area contributed by atoms with Crippen molar-refractivity contribution in [1.29, 1.82) is 0 Å².